The van der Waals surface area contributed by atoms with Crippen molar-refractivity contribution in [2.45, 2.75) is 56.0 Å². The van der Waals surface area contributed by atoms with Crippen LogP contribution in [0.15, 0.2) is 0 Å². The molecule has 5 nitrogen and oxygen atoms in total. The van der Waals surface area contributed by atoms with Gasteiger partial charge in [-0.3, -0.25) is 4.79 Å². The summed E-state index contributed by atoms with van der Waals surface area (Å²) in [5, 5.41) is 8.15. The molecule has 9 heteroatoms. The fourth-order valence-electron chi connectivity index (χ4n) is 3.17. The fraction of sp³-hybridized carbons (Fsp3) is 0.917. The van der Waals surface area contributed by atoms with Crippen molar-refractivity contribution in [3.05, 3.63) is 0 Å². The van der Waals surface area contributed by atoms with Crippen LogP contribution in [0.3, 0.4) is 0 Å². The third kappa shape index (κ3) is 3.33. The van der Waals surface area contributed by atoms with Gasteiger partial charge in [-0.05, 0) is 38.5 Å². The minimum absolute atomic E-state index is 0.0602. The van der Waals surface area contributed by atoms with Gasteiger partial charge >= 0.3 is 12.1 Å². The fourth-order valence-corrected chi connectivity index (χ4v) is 5.36. The predicted octanol–water partition coefficient (Wildman–Crippen LogP) is 1.99. The van der Waals surface area contributed by atoms with Crippen LogP contribution in [0.25, 0.3) is 0 Å². The van der Waals surface area contributed by atoms with E-state index in [1.165, 1.54) is 0 Å². The lowest BCUT2D eigenvalue weighted by Crippen LogP contribution is -2.46. The molecule has 21 heavy (non-hydrogen) atoms. The SMILES string of the molecule is O=C(O)[C@@H]1CCCN1S(=O)(=O)C1CCC(C(F)(F)F)CC1. The maximum Gasteiger partial charge on any atom is 0.391 e. The second-order valence-electron chi connectivity index (χ2n) is 5.67. The van der Waals surface area contributed by atoms with Gasteiger partial charge in [0.2, 0.25) is 10.0 Å². The minimum atomic E-state index is -4.29. The van der Waals surface area contributed by atoms with E-state index in [0.717, 1.165) is 4.31 Å². The van der Waals surface area contributed by atoms with Gasteiger partial charge in [0.15, 0.2) is 0 Å². The van der Waals surface area contributed by atoms with Crippen molar-refractivity contribution in [3.8, 4) is 0 Å². The quantitative estimate of drug-likeness (QED) is 0.859. The summed E-state index contributed by atoms with van der Waals surface area (Å²) < 4.78 is 63.6. The van der Waals surface area contributed by atoms with Gasteiger partial charge in [-0.1, -0.05) is 0 Å². The van der Waals surface area contributed by atoms with Crippen LogP contribution in [0, 0.1) is 5.92 Å². The number of halogens is 3. The molecule has 1 heterocycles. The molecule has 0 aromatic rings. The second kappa shape index (κ2) is 5.75. The monoisotopic (exact) mass is 329 g/mol. The largest absolute Gasteiger partial charge is 0.480 e. The smallest absolute Gasteiger partial charge is 0.391 e. The predicted molar refractivity (Wildman–Crippen MR) is 68.1 cm³/mol. The summed E-state index contributed by atoms with van der Waals surface area (Å²) in [6.07, 6.45) is -4.10. The molecule has 1 saturated heterocycles. The zero-order chi connectivity index (χ0) is 15.8. The first kappa shape index (κ1) is 16.5. The minimum Gasteiger partial charge on any atom is -0.480 e. The van der Waals surface area contributed by atoms with Crippen molar-refractivity contribution in [1.82, 2.24) is 4.31 Å². The summed E-state index contributed by atoms with van der Waals surface area (Å²) in [5.41, 5.74) is 0. The van der Waals surface area contributed by atoms with Crippen molar-refractivity contribution in [2.24, 2.45) is 5.92 Å². The van der Waals surface area contributed by atoms with E-state index < -0.39 is 39.4 Å². The Morgan fingerprint density at radius 3 is 2.14 bits per heavy atom. The van der Waals surface area contributed by atoms with Crippen LogP contribution in [-0.4, -0.2) is 47.8 Å². The van der Waals surface area contributed by atoms with Gasteiger partial charge in [-0.15, -0.1) is 0 Å². The van der Waals surface area contributed by atoms with Crippen molar-refractivity contribution in [2.75, 3.05) is 6.54 Å². The van der Waals surface area contributed by atoms with Gasteiger partial charge in [-0.25, -0.2) is 8.42 Å². The molecule has 0 unspecified atom stereocenters. The van der Waals surface area contributed by atoms with E-state index >= 15 is 0 Å². The molecule has 1 saturated carbocycles. The maximum atomic E-state index is 12.6. The highest BCUT2D eigenvalue weighted by molar-refractivity contribution is 7.89. The first-order valence-electron chi connectivity index (χ1n) is 6.94. The Hall–Kier alpha value is -0.830. The summed E-state index contributed by atoms with van der Waals surface area (Å²) in [5.74, 6) is -2.64. The second-order valence-corrected chi connectivity index (χ2v) is 7.83. The lowest BCUT2D eigenvalue weighted by Gasteiger charge is -2.32. The third-order valence-corrected chi connectivity index (χ3v) is 6.78. The van der Waals surface area contributed by atoms with Crippen LogP contribution in [-0.2, 0) is 14.8 Å². The van der Waals surface area contributed by atoms with E-state index in [4.69, 9.17) is 5.11 Å². The average molecular weight is 329 g/mol. The zero-order valence-corrected chi connectivity index (χ0v) is 12.2. The summed E-state index contributed by atoms with van der Waals surface area (Å²) in [6.45, 7) is 0.137. The number of hydrogen-bond donors (Lipinski definition) is 1. The molecule has 0 amide bonds. The number of sulfonamides is 1. The highest BCUT2D eigenvalue weighted by Crippen LogP contribution is 2.40. The Morgan fingerprint density at radius 1 is 1.10 bits per heavy atom. The molecule has 2 fully saturated rings. The van der Waals surface area contributed by atoms with Crippen LogP contribution in [0.2, 0.25) is 0 Å². The summed E-state index contributed by atoms with van der Waals surface area (Å²) in [6, 6.07) is -1.07. The van der Waals surface area contributed by atoms with Gasteiger partial charge in [0.1, 0.15) is 6.04 Å². The van der Waals surface area contributed by atoms with Gasteiger partial charge in [0.05, 0.1) is 11.2 Å². The number of hydrogen-bond acceptors (Lipinski definition) is 3. The van der Waals surface area contributed by atoms with E-state index in [-0.39, 0.29) is 38.6 Å². The van der Waals surface area contributed by atoms with Crippen molar-refractivity contribution < 1.29 is 31.5 Å². The Kier molecular flexibility index (Phi) is 4.53. The number of rotatable bonds is 3. The molecule has 0 aromatic carbocycles. The molecule has 1 N–H and O–H groups in total. The molecular weight excluding hydrogens is 311 g/mol. The third-order valence-electron chi connectivity index (χ3n) is 4.37. The number of carboxylic acids is 1. The van der Waals surface area contributed by atoms with Gasteiger partial charge in [0.25, 0.3) is 0 Å². The molecule has 1 atom stereocenters. The molecule has 2 aliphatic rings. The number of carboxylic acid groups (broad SMARTS) is 1. The maximum absolute atomic E-state index is 12.6. The standard InChI is InChI=1S/C12H18F3NO4S/c13-12(14,15)8-3-5-9(6-4-8)21(19,20)16-7-1-2-10(16)11(17)18/h8-10H,1-7H2,(H,17,18)/t8?,9?,10-/m0/s1. The summed E-state index contributed by atoms with van der Waals surface area (Å²) in [7, 11) is -3.84. The topological polar surface area (TPSA) is 74.7 Å². The van der Waals surface area contributed by atoms with Crippen LogP contribution < -0.4 is 0 Å². The van der Waals surface area contributed by atoms with E-state index in [1.54, 1.807) is 0 Å². The number of aliphatic carboxylic acids is 1. The molecule has 1 aliphatic heterocycles. The zero-order valence-electron chi connectivity index (χ0n) is 11.3. The van der Waals surface area contributed by atoms with Crippen LogP contribution in [0.5, 0.6) is 0 Å². The summed E-state index contributed by atoms with van der Waals surface area (Å²) in [4.78, 5) is 11.1. The molecule has 1 aliphatic carbocycles. The molecule has 2 rings (SSSR count). The van der Waals surface area contributed by atoms with Crippen LogP contribution in [0.4, 0.5) is 13.2 Å². The molecule has 0 radical (unpaired) electrons. The van der Waals surface area contributed by atoms with Crippen molar-refractivity contribution in [3.63, 3.8) is 0 Å². The number of carbonyl (C=O) groups is 1. The Morgan fingerprint density at radius 2 is 1.67 bits per heavy atom. The Labute approximate surface area is 121 Å². The highest BCUT2D eigenvalue weighted by Gasteiger charge is 2.47. The van der Waals surface area contributed by atoms with Crippen LogP contribution in [0.1, 0.15) is 38.5 Å². The molecule has 0 bridgehead atoms. The lowest BCUT2D eigenvalue weighted by atomic mass is 9.88. The first-order chi connectivity index (χ1) is 9.64. The van der Waals surface area contributed by atoms with Crippen molar-refractivity contribution in [1.29, 1.82) is 0 Å². The van der Waals surface area contributed by atoms with E-state index in [2.05, 4.69) is 0 Å². The normalized spacial score (nSPS) is 32.2. The first-order valence-corrected chi connectivity index (χ1v) is 8.44. The van der Waals surface area contributed by atoms with Crippen molar-refractivity contribution >= 4 is 16.0 Å². The van der Waals surface area contributed by atoms with E-state index in [0.29, 0.717) is 6.42 Å². The number of nitrogens with zero attached hydrogens (tertiary/aromatic N) is 1. The molecule has 0 spiro atoms. The van der Waals surface area contributed by atoms with E-state index in [9.17, 15) is 26.4 Å². The van der Waals surface area contributed by atoms with Gasteiger partial charge in [-0.2, -0.15) is 17.5 Å². The average Bonchev–Trinajstić information content (AvgIpc) is 2.88. The van der Waals surface area contributed by atoms with Gasteiger partial charge < -0.3 is 5.11 Å². The van der Waals surface area contributed by atoms with Crippen LogP contribution >= 0.6 is 0 Å². The summed E-state index contributed by atoms with van der Waals surface area (Å²) >= 11 is 0. The molecule has 122 valence electrons. The molecular formula is C12H18F3NO4S. The number of alkyl halides is 3. The van der Waals surface area contributed by atoms with Gasteiger partial charge in [0, 0.05) is 6.54 Å². The molecule has 0 aromatic heterocycles. The Bertz CT molecular complexity index is 497. The highest BCUT2D eigenvalue weighted by atomic mass is 32.2. The lowest BCUT2D eigenvalue weighted by molar-refractivity contribution is -0.181. The van der Waals surface area contributed by atoms with E-state index in [1.807, 2.05) is 0 Å². The Balaban J connectivity index is 2.07.